The molecule has 4 nitrogen and oxygen atoms in total. The summed E-state index contributed by atoms with van der Waals surface area (Å²) in [5.74, 6) is 2.30. The van der Waals surface area contributed by atoms with Gasteiger partial charge in [-0.2, -0.15) is 16.7 Å². The van der Waals surface area contributed by atoms with E-state index in [4.69, 9.17) is 4.52 Å². The van der Waals surface area contributed by atoms with Crippen molar-refractivity contribution in [2.75, 3.05) is 11.9 Å². The highest BCUT2D eigenvalue weighted by atomic mass is 32.2. The fraction of sp³-hybridized carbons (Fsp3) is 0.467. The van der Waals surface area contributed by atoms with Gasteiger partial charge < -0.3 is 9.84 Å². The number of nitrogens with one attached hydrogen (secondary N) is 1. The van der Waals surface area contributed by atoms with Gasteiger partial charge in [0.25, 0.3) is 0 Å². The first kappa shape index (κ1) is 14.9. The third kappa shape index (κ3) is 4.89. The summed E-state index contributed by atoms with van der Waals surface area (Å²) in [4.78, 5) is 4.39. The third-order valence-corrected chi connectivity index (χ3v) is 3.87. The van der Waals surface area contributed by atoms with E-state index >= 15 is 0 Å². The van der Waals surface area contributed by atoms with Crippen LogP contribution in [-0.4, -0.2) is 21.9 Å². The maximum atomic E-state index is 5.24. The highest BCUT2D eigenvalue weighted by molar-refractivity contribution is 7.99. The zero-order chi connectivity index (χ0) is 14.4. The Hall–Kier alpha value is -1.49. The molecule has 1 heterocycles. The molecule has 0 aliphatic rings. The molecule has 108 valence electrons. The van der Waals surface area contributed by atoms with Gasteiger partial charge in [0.1, 0.15) is 0 Å². The highest BCUT2D eigenvalue weighted by Crippen LogP contribution is 2.15. The molecule has 0 radical (unpaired) electrons. The summed E-state index contributed by atoms with van der Waals surface area (Å²) in [6, 6.07) is 8.34. The molecule has 0 atom stereocenters. The standard InChI is InChI=1S/C15H21N3OS/c1-11(2)20-10-14-17-15(19-18-14)8-9-16-13-6-4-12(3)5-7-13/h4-7,11,16H,8-10H2,1-3H3. The van der Waals surface area contributed by atoms with Crippen molar-refractivity contribution in [2.45, 2.75) is 38.2 Å². The Morgan fingerprint density at radius 2 is 2.00 bits per heavy atom. The van der Waals surface area contributed by atoms with Gasteiger partial charge >= 0.3 is 0 Å². The lowest BCUT2D eigenvalue weighted by Gasteiger charge is -2.04. The number of nitrogens with zero attached hydrogens (tertiary/aromatic N) is 2. The molecule has 0 bridgehead atoms. The van der Waals surface area contributed by atoms with Crippen molar-refractivity contribution in [3.63, 3.8) is 0 Å². The second-order valence-corrected chi connectivity index (χ2v) is 6.57. The highest BCUT2D eigenvalue weighted by Gasteiger charge is 2.07. The minimum Gasteiger partial charge on any atom is -0.385 e. The first-order valence-electron chi connectivity index (χ1n) is 6.87. The molecule has 0 aliphatic heterocycles. The largest absolute Gasteiger partial charge is 0.385 e. The van der Waals surface area contributed by atoms with Crippen LogP contribution in [0.25, 0.3) is 0 Å². The van der Waals surface area contributed by atoms with Crippen molar-refractivity contribution in [1.29, 1.82) is 0 Å². The van der Waals surface area contributed by atoms with Crippen LogP contribution in [0.4, 0.5) is 5.69 Å². The lowest BCUT2D eigenvalue weighted by Crippen LogP contribution is -2.05. The molecule has 0 fully saturated rings. The van der Waals surface area contributed by atoms with Crippen LogP contribution in [0.1, 0.15) is 31.1 Å². The zero-order valence-corrected chi connectivity index (χ0v) is 13.0. The van der Waals surface area contributed by atoms with E-state index in [1.807, 2.05) is 11.8 Å². The third-order valence-electron chi connectivity index (χ3n) is 2.78. The van der Waals surface area contributed by atoms with Gasteiger partial charge in [0, 0.05) is 18.7 Å². The van der Waals surface area contributed by atoms with Gasteiger partial charge in [-0.15, -0.1) is 0 Å². The van der Waals surface area contributed by atoms with E-state index in [2.05, 4.69) is 60.5 Å². The Kier molecular flexibility index (Phi) is 5.47. The van der Waals surface area contributed by atoms with Crippen molar-refractivity contribution >= 4 is 17.4 Å². The maximum Gasteiger partial charge on any atom is 0.228 e. The van der Waals surface area contributed by atoms with Crippen molar-refractivity contribution in [3.8, 4) is 0 Å². The number of aromatic nitrogens is 2. The Bertz CT molecular complexity index is 522. The van der Waals surface area contributed by atoms with E-state index < -0.39 is 0 Å². The average Bonchev–Trinajstić information content (AvgIpc) is 2.87. The monoisotopic (exact) mass is 291 g/mol. The summed E-state index contributed by atoms with van der Waals surface area (Å²) in [6.07, 6.45) is 0.743. The van der Waals surface area contributed by atoms with Crippen LogP contribution in [-0.2, 0) is 12.2 Å². The van der Waals surface area contributed by atoms with Crippen LogP contribution in [0.5, 0.6) is 0 Å². The van der Waals surface area contributed by atoms with Crippen LogP contribution >= 0.6 is 11.8 Å². The van der Waals surface area contributed by atoms with Crippen molar-refractivity contribution in [2.24, 2.45) is 0 Å². The van der Waals surface area contributed by atoms with Gasteiger partial charge in [-0.05, 0) is 24.3 Å². The van der Waals surface area contributed by atoms with E-state index in [1.165, 1.54) is 5.56 Å². The topological polar surface area (TPSA) is 51.0 Å². The zero-order valence-electron chi connectivity index (χ0n) is 12.2. The van der Waals surface area contributed by atoms with E-state index in [1.54, 1.807) is 0 Å². The molecule has 0 spiro atoms. The summed E-state index contributed by atoms with van der Waals surface area (Å²) < 4.78 is 5.24. The molecule has 1 aromatic carbocycles. The van der Waals surface area contributed by atoms with E-state index in [9.17, 15) is 0 Å². The van der Waals surface area contributed by atoms with E-state index in [0.29, 0.717) is 11.1 Å². The quantitative estimate of drug-likeness (QED) is 0.843. The fourth-order valence-corrected chi connectivity index (χ4v) is 2.28. The van der Waals surface area contributed by atoms with E-state index in [-0.39, 0.29) is 0 Å². The van der Waals surface area contributed by atoms with Crippen LogP contribution in [0.2, 0.25) is 0 Å². The Labute approximate surface area is 124 Å². The molecule has 2 rings (SSSR count). The second kappa shape index (κ2) is 7.33. The number of rotatable bonds is 7. The molecular weight excluding hydrogens is 270 g/mol. The second-order valence-electron chi connectivity index (χ2n) is 5.01. The lowest BCUT2D eigenvalue weighted by atomic mass is 10.2. The lowest BCUT2D eigenvalue weighted by molar-refractivity contribution is 0.376. The number of hydrogen-bond acceptors (Lipinski definition) is 5. The normalized spacial score (nSPS) is 11.0. The summed E-state index contributed by atoms with van der Waals surface area (Å²) >= 11 is 1.82. The molecule has 0 aliphatic carbocycles. The summed E-state index contributed by atoms with van der Waals surface area (Å²) in [7, 11) is 0. The van der Waals surface area contributed by atoms with Crippen LogP contribution < -0.4 is 5.32 Å². The Morgan fingerprint density at radius 3 is 2.70 bits per heavy atom. The smallest absolute Gasteiger partial charge is 0.228 e. The average molecular weight is 291 g/mol. The SMILES string of the molecule is Cc1ccc(NCCc2nc(CSC(C)C)no2)cc1. The molecule has 0 saturated carbocycles. The maximum absolute atomic E-state index is 5.24. The number of thioether (sulfide) groups is 1. The summed E-state index contributed by atoms with van der Waals surface area (Å²) in [6.45, 7) is 7.20. The number of anilines is 1. The van der Waals surface area contributed by atoms with Crippen molar-refractivity contribution < 1.29 is 4.52 Å². The van der Waals surface area contributed by atoms with Gasteiger partial charge in [0.05, 0.1) is 5.75 Å². The predicted octanol–water partition coefficient (Wildman–Crippen LogP) is 3.67. The molecule has 2 aromatic rings. The molecule has 1 N–H and O–H groups in total. The first-order valence-corrected chi connectivity index (χ1v) is 7.92. The molecule has 0 amide bonds. The van der Waals surface area contributed by atoms with Gasteiger partial charge in [-0.3, -0.25) is 0 Å². The summed E-state index contributed by atoms with van der Waals surface area (Å²) in [5, 5.41) is 7.92. The van der Waals surface area contributed by atoms with Gasteiger partial charge in [-0.25, -0.2) is 0 Å². The fourth-order valence-electron chi connectivity index (χ4n) is 1.68. The van der Waals surface area contributed by atoms with Crippen molar-refractivity contribution in [1.82, 2.24) is 10.1 Å². The van der Waals surface area contributed by atoms with Crippen molar-refractivity contribution in [3.05, 3.63) is 41.5 Å². The Morgan fingerprint density at radius 1 is 1.25 bits per heavy atom. The van der Waals surface area contributed by atoms with Crippen LogP contribution in [0.3, 0.4) is 0 Å². The Balaban J connectivity index is 1.75. The van der Waals surface area contributed by atoms with E-state index in [0.717, 1.165) is 30.2 Å². The van der Waals surface area contributed by atoms with Gasteiger partial charge in [0.15, 0.2) is 5.82 Å². The molecule has 20 heavy (non-hydrogen) atoms. The van der Waals surface area contributed by atoms with Gasteiger partial charge in [0.2, 0.25) is 5.89 Å². The number of aryl methyl sites for hydroxylation is 1. The van der Waals surface area contributed by atoms with Crippen LogP contribution in [0, 0.1) is 6.92 Å². The minimum absolute atomic E-state index is 0.583. The van der Waals surface area contributed by atoms with Crippen LogP contribution in [0.15, 0.2) is 28.8 Å². The number of benzene rings is 1. The molecule has 0 saturated heterocycles. The number of hydrogen-bond donors (Lipinski definition) is 1. The first-order chi connectivity index (χ1) is 9.63. The molecule has 0 unspecified atom stereocenters. The minimum atomic E-state index is 0.583. The van der Waals surface area contributed by atoms with Gasteiger partial charge in [-0.1, -0.05) is 36.7 Å². The molecule has 1 aromatic heterocycles. The molecule has 5 heteroatoms. The summed E-state index contributed by atoms with van der Waals surface area (Å²) in [5.41, 5.74) is 2.38. The molecular formula is C15H21N3OS. The predicted molar refractivity (Wildman–Crippen MR) is 84.1 cm³/mol.